The number of aromatic nitrogens is 2. The first-order chi connectivity index (χ1) is 22.5. The molecule has 47 heavy (non-hydrogen) atoms. The highest BCUT2D eigenvalue weighted by Crippen LogP contribution is 2.40. The average Bonchev–Trinajstić information content (AvgIpc) is 3.57. The van der Waals surface area contributed by atoms with Gasteiger partial charge in [-0.15, -0.1) is 0 Å². The Hall–Kier alpha value is -4.43. The van der Waals surface area contributed by atoms with Gasteiger partial charge in [-0.2, -0.15) is 13.8 Å². The molecule has 0 radical (unpaired) electrons. The van der Waals surface area contributed by atoms with Crippen LogP contribution in [0.1, 0.15) is 41.6 Å². The minimum Gasteiger partial charge on any atom is -0.495 e. The predicted octanol–water partition coefficient (Wildman–Crippen LogP) is 4.73. The third kappa shape index (κ3) is 6.98. The molecule has 0 unspecified atom stereocenters. The monoisotopic (exact) mass is 652 g/mol. The normalized spacial score (nSPS) is 19.0. The summed E-state index contributed by atoms with van der Waals surface area (Å²) in [4.78, 5) is 41.6. The summed E-state index contributed by atoms with van der Waals surface area (Å²) in [6, 6.07) is 9.66. The molecule has 0 spiro atoms. The van der Waals surface area contributed by atoms with Crippen molar-refractivity contribution in [2.75, 3.05) is 74.4 Å². The SMILES string of the molecule is COc1cc(C(=O)Nc2cccc(CN3CCN(C)CC3)c2)c(F)cc1Nc1ncc2c(n1)N(C1CCCC1)CC(F)(F)C(=O)N2C. The van der Waals surface area contributed by atoms with E-state index in [9.17, 15) is 18.4 Å². The zero-order chi connectivity index (χ0) is 33.3. The van der Waals surface area contributed by atoms with Crippen molar-refractivity contribution in [1.82, 2.24) is 19.8 Å². The number of halogens is 3. The second-order valence-corrected chi connectivity index (χ2v) is 12.4. The molecule has 3 aliphatic rings. The van der Waals surface area contributed by atoms with Gasteiger partial charge in [0.15, 0.2) is 5.82 Å². The van der Waals surface area contributed by atoms with Gasteiger partial charge in [-0.1, -0.05) is 25.0 Å². The summed E-state index contributed by atoms with van der Waals surface area (Å²) in [5, 5.41) is 5.70. The Kier molecular flexibility index (Phi) is 9.24. The smallest absolute Gasteiger partial charge is 0.342 e. The van der Waals surface area contributed by atoms with E-state index in [1.54, 1.807) is 6.07 Å². The van der Waals surface area contributed by atoms with Crippen molar-refractivity contribution in [3.63, 3.8) is 0 Å². The molecule has 2 aliphatic heterocycles. The van der Waals surface area contributed by atoms with Gasteiger partial charge in [0.25, 0.3) is 11.8 Å². The summed E-state index contributed by atoms with van der Waals surface area (Å²) in [5.41, 5.74) is 1.64. The first-order valence-corrected chi connectivity index (χ1v) is 15.8. The van der Waals surface area contributed by atoms with Crippen molar-refractivity contribution in [3.8, 4) is 5.75 Å². The lowest BCUT2D eigenvalue weighted by molar-refractivity contribution is -0.140. The number of fused-ring (bicyclic) bond motifs is 1. The quantitative estimate of drug-likeness (QED) is 0.358. The highest BCUT2D eigenvalue weighted by Gasteiger charge is 2.48. The van der Waals surface area contributed by atoms with Crippen molar-refractivity contribution < 1.29 is 27.5 Å². The Morgan fingerprint density at radius 3 is 2.55 bits per heavy atom. The maximum atomic E-state index is 15.5. The summed E-state index contributed by atoms with van der Waals surface area (Å²) in [6.07, 6.45) is 4.47. The number of hydrogen-bond acceptors (Lipinski definition) is 9. The molecule has 0 atom stereocenters. The van der Waals surface area contributed by atoms with E-state index in [1.165, 1.54) is 31.3 Å². The number of carbonyl (C=O) groups is 2. The number of alkyl halides is 2. The molecule has 11 nitrogen and oxygen atoms in total. The van der Waals surface area contributed by atoms with Gasteiger partial charge in [0.05, 0.1) is 31.1 Å². The van der Waals surface area contributed by atoms with E-state index in [1.807, 2.05) is 18.2 Å². The van der Waals surface area contributed by atoms with Gasteiger partial charge in [-0.25, -0.2) is 9.37 Å². The molecule has 0 bridgehead atoms. The van der Waals surface area contributed by atoms with Crippen LogP contribution >= 0.6 is 0 Å². The van der Waals surface area contributed by atoms with Crippen molar-refractivity contribution >= 4 is 40.6 Å². The lowest BCUT2D eigenvalue weighted by Crippen LogP contribution is -2.48. The maximum Gasteiger partial charge on any atom is 0.342 e. The standard InChI is InChI=1S/C33H39F3N8O3/c1-41-11-13-43(14-12-41)19-21-7-6-8-22(15-21)38-30(45)24-16-28(47-3)26(17-25(24)34)39-32-37-18-27-29(40-32)44(23-9-4-5-10-23)20-33(35,36)31(46)42(27)2/h6-8,15-18,23H,4-5,9-14,19-20H2,1-3H3,(H,38,45)(H,37,39,40). The van der Waals surface area contributed by atoms with E-state index in [4.69, 9.17) is 4.74 Å². The first kappa shape index (κ1) is 32.5. The summed E-state index contributed by atoms with van der Waals surface area (Å²) in [5.74, 6) is -6.08. The van der Waals surface area contributed by atoms with Crippen LogP contribution in [0.25, 0.3) is 0 Å². The molecule has 1 saturated heterocycles. The topological polar surface area (TPSA) is 106 Å². The number of amides is 2. The Balaban J connectivity index is 1.21. The van der Waals surface area contributed by atoms with Crippen LogP contribution < -0.4 is 25.2 Å². The summed E-state index contributed by atoms with van der Waals surface area (Å²) in [6.45, 7) is 3.86. The fourth-order valence-corrected chi connectivity index (χ4v) is 6.43. The molecule has 3 aromatic rings. The molecule has 1 saturated carbocycles. The largest absolute Gasteiger partial charge is 0.495 e. The second-order valence-electron chi connectivity index (χ2n) is 12.4. The maximum absolute atomic E-state index is 15.5. The number of rotatable bonds is 8. The highest BCUT2D eigenvalue weighted by atomic mass is 19.3. The molecule has 3 heterocycles. The van der Waals surface area contributed by atoms with Crippen LogP contribution in [0.4, 0.5) is 42.0 Å². The van der Waals surface area contributed by atoms with E-state index in [2.05, 4.69) is 37.4 Å². The zero-order valence-corrected chi connectivity index (χ0v) is 26.7. The summed E-state index contributed by atoms with van der Waals surface area (Å²) < 4.78 is 50.8. The van der Waals surface area contributed by atoms with Crippen molar-refractivity contribution in [2.24, 2.45) is 0 Å². The zero-order valence-electron chi connectivity index (χ0n) is 26.7. The van der Waals surface area contributed by atoms with Gasteiger partial charge in [0, 0.05) is 57.6 Å². The van der Waals surface area contributed by atoms with E-state index >= 15 is 4.39 Å². The molecular formula is C33H39F3N8O3. The minimum absolute atomic E-state index is 0.00937. The number of benzene rings is 2. The number of hydrogen-bond donors (Lipinski definition) is 2. The Labute approximate surface area is 271 Å². The van der Waals surface area contributed by atoms with Gasteiger partial charge < -0.3 is 30.1 Å². The lowest BCUT2D eigenvalue weighted by atomic mass is 10.1. The van der Waals surface area contributed by atoms with E-state index in [-0.39, 0.29) is 40.5 Å². The molecule has 250 valence electrons. The molecule has 2 N–H and O–H groups in total. The molecule has 14 heteroatoms. The van der Waals surface area contributed by atoms with Crippen molar-refractivity contribution in [3.05, 3.63) is 59.5 Å². The second kappa shape index (κ2) is 13.4. The van der Waals surface area contributed by atoms with Gasteiger partial charge in [0.1, 0.15) is 17.3 Å². The van der Waals surface area contributed by atoms with Gasteiger partial charge in [-0.3, -0.25) is 14.5 Å². The molecule has 2 fully saturated rings. The Morgan fingerprint density at radius 2 is 1.83 bits per heavy atom. The molecule has 2 amide bonds. The molecule has 2 aromatic carbocycles. The summed E-state index contributed by atoms with van der Waals surface area (Å²) >= 11 is 0. The fraction of sp³-hybridized carbons (Fsp3) is 0.455. The third-order valence-corrected chi connectivity index (χ3v) is 9.10. The van der Waals surface area contributed by atoms with Gasteiger partial charge >= 0.3 is 5.92 Å². The minimum atomic E-state index is -3.61. The fourth-order valence-electron chi connectivity index (χ4n) is 6.43. The Bertz CT molecular complexity index is 1640. The average molecular weight is 653 g/mol. The number of carbonyl (C=O) groups excluding carboxylic acids is 2. The lowest BCUT2D eigenvalue weighted by Gasteiger charge is -2.32. The number of piperazine rings is 1. The number of likely N-dealkylation sites (N-methyl/N-ethyl adjacent to an activating group) is 1. The third-order valence-electron chi connectivity index (χ3n) is 9.10. The number of nitrogens with one attached hydrogen (secondary N) is 2. The molecule has 6 rings (SSSR count). The Morgan fingerprint density at radius 1 is 1.09 bits per heavy atom. The van der Waals surface area contributed by atoms with Crippen LogP contribution in [0, 0.1) is 5.82 Å². The number of ether oxygens (including phenoxy) is 1. The molecule has 1 aliphatic carbocycles. The van der Waals surface area contributed by atoms with E-state index in [0.29, 0.717) is 18.5 Å². The van der Waals surface area contributed by atoms with Crippen LogP contribution in [0.5, 0.6) is 5.75 Å². The van der Waals surface area contributed by atoms with Crippen LogP contribution in [0.2, 0.25) is 0 Å². The molecular weight excluding hydrogens is 613 g/mol. The van der Waals surface area contributed by atoms with Crippen LogP contribution in [-0.2, 0) is 11.3 Å². The van der Waals surface area contributed by atoms with Crippen LogP contribution in [0.15, 0.2) is 42.6 Å². The van der Waals surface area contributed by atoms with Gasteiger partial charge in [0.2, 0.25) is 5.95 Å². The van der Waals surface area contributed by atoms with E-state index in [0.717, 1.165) is 62.1 Å². The number of methoxy groups -OCH3 is 1. The predicted molar refractivity (Wildman–Crippen MR) is 173 cm³/mol. The number of nitrogens with zero attached hydrogens (tertiary/aromatic N) is 6. The number of anilines is 5. The van der Waals surface area contributed by atoms with Crippen LogP contribution in [-0.4, -0.2) is 97.5 Å². The highest BCUT2D eigenvalue weighted by molar-refractivity contribution is 6.05. The van der Waals surface area contributed by atoms with Crippen molar-refractivity contribution in [2.45, 2.75) is 44.2 Å². The first-order valence-electron chi connectivity index (χ1n) is 15.8. The van der Waals surface area contributed by atoms with Crippen molar-refractivity contribution in [1.29, 1.82) is 0 Å². The van der Waals surface area contributed by atoms with Crippen LogP contribution in [0.3, 0.4) is 0 Å². The van der Waals surface area contributed by atoms with Gasteiger partial charge in [-0.05, 0) is 43.7 Å². The molecule has 1 aromatic heterocycles. The summed E-state index contributed by atoms with van der Waals surface area (Å²) in [7, 11) is 4.76. The van der Waals surface area contributed by atoms with E-state index < -0.39 is 30.1 Å².